The third-order valence-electron chi connectivity index (χ3n) is 5.91. The summed E-state index contributed by atoms with van der Waals surface area (Å²) in [6.07, 6.45) is 8.43. The second-order valence-corrected chi connectivity index (χ2v) is 7.89. The van der Waals surface area contributed by atoms with Gasteiger partial charge in [-0.3, -0.25) is 14.2 Å². The maximum absolute atomic E-state index is 12.8. The standard InChI is InChI=1S/C25H31N3O4.C2H6/c1-4-9-18(10-5-2)19-13-14-27(17-21(19)24(30)32-6-3)15-16-28-23(29)20-11-7-8-12-22(20)26-25(28)31;1-2/h4-5,7-12,19,21H,1,6,13-17H2,2-3H3,(H,26,31);1-2H3/b10-5-,18-9+;. The third kappa shape index (κ3) is 6.44. The first-order chi connectivity index (χ1) is 16.5. The fourth-order valence-corrected chi connectivity index (χ4v) is 4.38. The number of ether oxygens (including phenoxy) is 1. The molecule has 3 rings (SSSR count). The third-order valence-corrected chi connectivity index (χ3v) is 5.91. The van der Waals surface area contributed by atoms with Gasteiger partial charge in [0, 0.05) is 19.6 Å². The molecule has 1 fully saturated rings. The van der Waals surface area contributed by atoms with Crippen molar-refractivity contribution in [1.82, 2.24) is 14.5 Å². The Morgan fingerprint density at radius 1 is 1.21 bits per heavy atom. The first kappa shape index (κ1) is 27.1. The van der Waals surface area contributed by atoms with Crippen LogP contribution in [0.25, 0.3) is 10.9 Å². The number of H-pyrrole nitrogens is 1. The first-order valence-electron chi connectivity index (χ1n) is 12.1. The van der Waals surface area contributed by atoms with Crippen molar-refractivity contribution in [2.24, 2.45) is 11.8 Å². The van der Waals surface area contributed by atoms with Crippen molar-refractivity contribution in [2.45, 2.75) is 40.7 Å². The van der Waals surface area contributed by atoms with Crippen molar-refractivity contribution in [2.75, 3.05) is 26.2 Å². The van der Waals surface area contributed by atoms with Gasteiger partial charge in [0.05, 0.1) is 23.4 Å². The van der Waals surface area contributed by atoms with Gasteiger partial charge in [-0.05, 0) is 50.4 Å². The molecular formula is C27H37N3O4. The van der Waals surface area contributed by atoms with E-state index < -0.39 is 5.69 Å². The van der Waals surface area contributed by atoms with Crippen molar-refractivity contribution >= 4 is 16.9 Å². The predicted octanol–water partition coefficient (Wildman–Crippen LogP) is 3.91. The molecule has 0 aliphatic carbocycles. The molecule has 0 radical (unpaired) electrons. The molecule has 0 amide bonds. The Morgan fingerprint density at radius 3 is 2.62 bits per heavy atom. The van der Waals surface area contributed by atoms with Crippen molar-refractivity contribution < 1.29 is 9.53 Å². The van der Waals surface area contributed by atoms with Crippen LogP contribution in [-0.2, 0) is 16.1 Å². The zero-order valence-electron chi connectivity index (χ0n) is 20.8. The smallest absolute Gasteiger partial charge is 0.328 e. The van der Waals surface area contributed by atoms with Crippen LogP contribution in [0.2, 0.25) is 0 Å². The number of nitrogens with zero attached hydrogens (tertiary/aromatic N) is 2. The minimum absolute atomic E-state index is 0.0336. The normalized spacial score (nSPS) is 19.0. The minimum atomic E-state index is -0.421. The lowest BCUT2D eigenvalue weighted by molar-refractivity contribution is -0.151. The van der Waals surface area contributed by atoms with Gasteiger partial charge < -0.3 is 14.6 Å². The number of fused-ring (bicyclic) bond motifs is 1. The van der Waals surface area contributed by atoms with Gasteiger partial charge in [0.25, 0.3) is 5.56 Å². The molecule has 0 saturated carbocycles. The van der Waals surface area contributed by atoms with Crippen molar-refractivity contribution in [3.8, 4) is 0 Å². The van der Waals surface area contributed by atoms with Crippen LogP contribution >= 0.6 is 0 Å². The number of carbonyl (C=O) groups is 1. The van der Waals surface area contributed by atoms with E-state index in [4.69, 9.17) is 4.74 Å². The van der Waals surface area contributed by atoms with Crippen molar-refractivity contribution in [1.29, 1.82) is 0 Å². The fourth-order valence-electron chi connectivity index (χ4n) is 4.38. The minimum Gasteiger partial charge on any atom is -0.466 e. The lowest BCUT2D eigenvalue weighted by atomic mass is 9.79. The number of hydrogen-bond donors (Lipinski definition) is 1. The lowest BCUT2D eigenvalue weighted by Crippen LogP contribution is -2.47. The van der Waals surface area contributed by atoms with Gasteiger partial charge >= 0.3 is 11.7 Å². The highest BCUT2D eigenvalue weighted by Crippen LogP contribution is 2.32. The summed E-state index contributed by atoms with van der Waals surface area (Å²) >= 11 is 0. The number of nitrogens with one attached hydrogen (secondary N) is 1. The largest absolute Gasteiger partial charge is 0.466 e. The van der Waals surface area contributed by atoms with Gasteiger partial charge in [-0.2, -0.15) is 0 Å². The van der Waals surface area contributed by atoms with Gasteiger partial charge in [-0.15, -0.1) is 0 Å². The Labute approximate surface area is 201 Å². The number of benzene rings is 1. The van der Waals surface area contributed by atoms with E-state index >= 15 is 0 Å². The lowest BCUT2D eigenvalue weighted by Gasteiger charge is -2.38. The van der Waals surface area contributed by atoms with Gasteiger partial charge in [0.2, 0.25) is 0 Å². The predicted molar refractivity (Wildman–Crippen MR) is 138 cm³/mol. The fraction of sp³-hybridized carbons (Fsp3) is 0.444. The molecule has 2 heterocycles. The number of esters is 1. The van der Waals surface area contributed by atoms with Gasteiger partial charge in [-0.25, -0.2) is 4.79 Å². The highest BCUT2D eigenvalue weighted by atomic mass is 16.5. The van der Waals surface area contributed by atoms with Crippen LogP contribution in [0.3, 0.4) is 0 Å². The van der Waals surface area contributed by atoms with Crippen molar-refractivity contribution in [3.05, 3.63) is 81.6 Å². The molecule has 1 aromatic carbocycles. The average Bonchev–Trinajstić information content (AvgIpc) is 2.85. The molecule has 0 spiro atoms. The van der Waals surface area contributed by atoms with Crippen LogP contribution in [0.4, 0.5) is 0 Å². The number of aromatic nitrogens is 2. The Hall–Kier alpha value is -3.19. The van der Waals surface area contributed by atoms with Crippen LogP contribution in [0.15, 0.2) is 70.3 Å². The quantitative estimate of drug-likeness (QED) is 0.470. The Bertz CT molecular complexity index is 1140. The monoisotopic (exact) mass is 467 g/mol. The van der Waals surface area contributed by atoms with E-state index in [0.29, 0.717) is 30.6 Å². The molecule has 184 valence electrons. The van der Waals surface area contributed by atoms with Crippen LogP contribution in [0.1, 0.15) is 34.1 Å². The SMILES string of the molecule is C=C/C=C(\C=C/C)C1CCN(CCn2c(=O)[nH]c3ccccc3c2=O)CC1C(=O)OCC.CC. The van der Waals surface area contributed by atoms with E-state index in [1.54, 1.807) is 37.3 Å². The average molecular weight is 468 g/mol. The zero-order valence-corrected chi connectivity index (χ0v) is 20.8. The molecule has 34 heavy (non-hydrogen) atoms. The Balaban J connectivity index is 0.00000199. The molecule has 1 N–H and O–H groups in total. The van der Waals surface area contributed by atoms with E-state index in [0.717, 1.165) is 18.5 Å². The summed E-state index contributed by atoms with van der Waals surface area (Å²) in [6.45, 7) is 13.9. The number of likely N-dealkylation sites (tertiary alicyclic amines) is 1. The molecule has 1 aliphatic rings. The number of aromatic amines is 1. The summed E-state index contributed by atoms with van der Waals surface area (Å²) in [5.74, 6) is -0.508. The molecule has 1 aromatic heterocycles. The van der Waals surface area contributed by atoms with E-state index in [9.17, 15) is 14.4 Å². The van der Waals surface area contributed by atoms with Crippen LogP contribution < -0.4 is 11.2 Å². The molecule has 2 atom stereocenters. The molecule has 7 nitrogen and oxygen atoms in total. The topological polar surface area (TPSA) is 84.4 Å². The maximum Gasteiger partial charge on any atom is 0.328 e. The van der Waals surface area contributed by atoms with E-state index in [-0.39, 0.29) is 29.9 Å². The van der Waals surface area contributed by atoms with Gasteiger partial charge in [-0.1, -0.05) is 56.9 Å². The molecule has 0 bridgehead atoms. The zero-order chi connectivity index (χ0) is 25.1. The number of allylic oxidation sites excluding steroid dienone is 5. The number of rotatable bonds is 8. The molecule has 2 unspecified atom stereocenters. The molecule has 1 saturated heterocycles. The van der Waals surface area contributed by atoms with E-state index in [2.05, 4.69) is 16.5 Å². The highest BCUT2D eigenvalue weighted by molar-refractivity contribution is 5.77. The second-order valence-electron chi connectivity index (χ2n) is 7.89. The maximum atomic E-state index is 12.8. The molecule has 2 aromatic rings. The van der Waals surface area contributed by atoms with Gasteiger partial charge in [0.1, 0.15) is 0 Å². The Kier molecular flexibility index (Phi) is 10.7. The molecule has 1 aliphatic heterocycles. The van der Waals surface area contributed by atoms with Crippen LogP contribution in [-0.4, -0.2) is 46.7 Å². The number of para-hydroxylation sites is 1. The number of hydrogen-bond acceptors (Lipinski definition) is 5. The van der Waals surface area contributed by atoms with Gasteiger partial charge in [0.15, 0.2) is 0 Å². The summed E-state index contributed by atoms with van der Waals surface area (Å²) in [6, 6.07) is 6.99. The van der Waals surface area contributed by atoms with Crippen LogP contribution in [0, 0.1) is 11.8 Å². The number of carbonyl (C=O) groups excluding carboxylic acids is 1. The Morgan fingerprint density at radius 2 is 1.94 bits per heavy atom. The van der Waals surface area contributed by atoms with Crippen LogP contribution in [0.5, 0.6) is 0 Å². The summed E-state index contributed by atoms with van der Waals surface area (Å²) < 4.78 is 6.60. The first-order valence-corrected chi connectivity index (χ1v) is 12.1. The summed E-state index contributed by atoms with van der Waals surface area (Å²) in [4.78, 5) is 42.9. The summed E-state index contributed by atoms with van der Waals surface area (Å²) in [5.41, 5.74) is 0.870. The van der Waals surface area contributed by atoms with E-state index in [1.165, 1.54) is 4.57 Å². The number of piperidine rings is 1. The highest BCUT2D eigenvalue weighted by Gasteiger charge is 2.36. The second kappa shape index (κ2) is 13.5. The van der Waals surface area contributed by atoms with E-state index in [1.807, 2.05) is 39.0 Å². The summed E-state index contributed by atoms with van der Waals surface area (Å²) in [7, 11) is 0. The summed E-state index contributed by atoms with van der Waals surface area (Å²) in [5, 5.41) is 0.487. The van der Waals surface area contributed by atoms with Crippen molar-refractivity contribution in [3.63, 3.8) is 0 Å². The molecule has 7 heteroatoms. The molecular weight excluding hydrogens is 430 g/mol.